The molecular formula is C33H36N2O4. The first-order valence-electron chi connectivity index (χ1n) is 13.7. The van der Waals surface area contributed by atoms with Gasteiger partial charge in [-0.2, -0.15) is 0 Å². The van der Waals surface area contributed by atoms with Crippen LogP contribution in [0.1, 0.15) is 53.3 Å². The van der Waals surface area contributed by atoms with Crippen LogP contribution in [0, 0.1) is 0 Å². The van der Waals surface area contributed by atoms with Gasteiger partial charge in [0.15, 0.2) is 0 Å². The summed E-state index contributed by atoms with van der Waals surface area (Å²) >= 11 is 0. The smallest absolute Gasteiger partial charge is 0.227 e. The highest BCUT2D eigenvalue weighted by molar-refractivity contribution is 5.32. The van der Waals surface area contributed by atoms with Crippen LogP contribution in [0.25, 0.3) is 0 Å². The number of aliphatic hydroxyl groups is 1. The Morgan fingerprint density at radius 3 is 2.38 bits per heavy atom. The number of nitrogens with zero attached hydrogens (tertiary/aromatic N) is 1. The van der Waals surface area contributed by atoms with Gasteiger partial charge in [-0.25, -0.2) is 4.98 Å². The third kappa shape index (κ3) is 7.90. The second-order valence-corrected chi connectivity index (χ2v) is 9.76. The van der Waals surface area contributed by atoms with Crippen molar-refractivity contribution in [2.75, 3.05) is 19.7 Å². The van der Waals surface area contributed by atoms with Crippen LogP contribution in [0.5, 0.6) is 11.5 Å². The van der Waals surface area contributed by atoms with Crippen molar-refractivity contribution in [2.24, 2.45) is 0 Å². The Balaban J connectivity index is 0.990. The van der Waals surface area contributed by atoms with E-state index in [2.05, 4.69) is 52.8 Å². The molecule has 3 aromatic carbocycles. The molecule has 0 bridgehead atoms. The topological polar surface area (TPSA) is 72.8 Å². The van der Waals surface area contributed by atoms with Gasteiger partial charge in [-0.15, -0.1) is 0 Å². The number of aryl methyl sites for hydroxylation is 1. The van der Waals surface area contributed by atoms with Crippen LogP contribution in [-0.4, -0.2) is 29.8 Å². The van der Waals surface area contributed by atoms with Gasteiger partial charge >= 0.3 is 0 Å². The van der Waals surface area contributed by atoms with Gasteiger partial charge in [0.25, 0.3) is 0 Å². The third-order valence-corrected chi connectivity index (χ3v) is 6.80. The number of aromatic nitrogens is 1. The van der Waals surface area contributed by atoms with Crippen LogP contribution in [-0.2, 0) is 24.2 Å². The molecule has 1 aliphatic rings. The van der Waals surface area contributed by atoms with Gasteiger partial charge in [0.05, 0.1) is 18.9 Å². The summed E-state index contributed by atoms with van der Waals surface area (Å²) in [5.41, 5.74) is 4.88. The normalized spacial score (nSPS) is 15.3. The highest BCUT2D eigenvalue weighted by Gasteiger charge is 2.24. The molecule has 2 atom stereocenters. The molecule has 2 unspecified atom stereocenters. The fraction of sp³-hybridized carbons (Fsp3) is 0.303. The van der Waals surface area contributed by atoms with Gasteiger partial charge in [-0.05, 0) is 67.6 Å². The lowest BCUT2D eigenvalue weighted by Gasteiger charge is -2.26. The Bertz CT molecular complexity index is 1280. The highest BCUT2D eigenvalue weighted by Crippen LogP contribution is 2.32. The van der Waals surface area contributed by atoms with E-state index in [1.54, 1.807) is 0 Å². The molecule has 5 rings (SSSR count). The van der Waals surface area contributed by atoms with E-state index in [4.69, 9.17) is 14.2 Å². The number of pyridine rings is 1. The SMILES string of the molecule is OC(CNCCc1ccc(OCCCCc2ccccc2)cc1)c1ccc2c(n1)COC(c1ccccc1)O2. The number of aliphatic hydroxyl groups excluding tert-OH is 1. The van der Waals surface area contributed by atoms with E-state index >= 15 is 0 Å². The molecule has 2 N–H and O–H groups in total. The maximum absolute atomic E-state index is 10.6. The number of nitrogens with one attached hydrogen (secondary N) is 1. The number of unbranched alkanes of at least 4 members (excludes halogenated alkanes) is 1. The van der Waals surface area contributed by atoms with Gasteiger partial charge in [0, 0.05) is 12.1 Å². The molecular weight excluding hydrogens is 488 g/mol. The van der Waals surface area contributed by atoms with Crippen molar-refractivity contribution < 1.29 is 19.3 Å². The Morgan fingerprint density at radius 1 is 0.846 bits per heavy atom. The van der Waals surface area contributed by atoms with Crippen molar-refractivity contribution in [1.82, 2.24) is 10.3 Å². The monoisotopic (exact) mass is 524 g/mol. The summed E-state index contributed by atoms with van der Waals surface area (Å²) in [4.78, 5) is 4.59. The summed E-state index contributed by atoms with van der Waals surface area (Å²) in [5, 5.41) is 14.0. The minimum absolute atomic E-state index is 0.344. The number of benzene rings is 3. The standard InChI is InChI=1S/C33H36N2O4/c36-31(29-18-19-32-30(35-29)24-38-33(39-32)27-12-5-2-6-13-27)23-34-21-20-26-14-16-28(17-15-26)37-22-8-7-11-25-9-3-1-4-10-25/h1-6,9-10,12-19,31,33-34,36H,7-8,11,20-24H2. The van der Waals surface area contributed by atoms with E-state index in [0.29, 0.717) is 30.3 Å². The summed E-state index contributed by atoms with van der Waals surface area (Å²) < 4.78 is 17.7. The molecule has 0 fully saturated rings. The first-order chi connectivity index (χ1) is 19.2. The molecule has 6 nitrogen and oxygen atoms in total. The zero-order chi connectivity index (χ0) is 26.7. The lowest BCUT2D eigenvalue weighted by Crippen LogP contribution is -2.25. The molecule has 4 aromatic rings. The van der Waals surface area contributed by atoms with Crippen molar-refractivity contribution in [3.05, 3.63) is 125 Å². The number of hydrogen-bond donors (Lipinski definition) is 2. The minimum atomic E-state index is -0.709. The molecule has 202 valence electrons. The van der Waals surface area contributed by atoms with Crippen LogP contribution in [0.4, 0.5) is 0 Å². The fourth-order valence-electron chi connectivity index (χ4n) is 4.57. The van der Waals surface area contributed by atoms with Crippen LogP contribution in [0.2, 0.25) is 0 Å². The van der Waals surface area contributed by atoms with E-state index in [1.807, 2.05) is 54.6 Å². The van der Waals surface area contributed by atoms with Crippen LogP contribution in [0.3, 0.4) is 0 Å². The van der Waals surface area contributed by atoms with Gasteiger partial charge in [-0.3, -0.25) is 0 Å². The Hall–Kier alpha value is -3.71. The Kier molecular flexibility index (Phi) is 9.58. The van der Waals surface area contributed by atoms with E-state index in [1.165, 1.54) is 11.1 Å². The largest absolute Gasteiger partial charge is 0.494 e. The van der Waals surface area contributed by atoms with Crippen molar-refractivity contribution in [3.8, 4) is 11.5 Å². The highest BCUT2D eigenvalue weighted by atomic mass is 16.7. The number of rotatable bonds is 13. The molecule has 6 heteroatoms. The summed E-state index contributed by atoms with van der Waals surface area (Å²) in [5.74, 6) is 1.60. The molecule has 39 heavy (non-hydrogen) atoms. The van der Waals surface area contributed by atoms with Crippen LogP contribution >= 0.6 is 0 Å². The van der Waals surface area contributed by atoms with Crippen LogP contribution in [0.15, 0.2) is 97.1 Å². The van der Waals surface area contributed by atoms with Crippen LogP contribution < -0.4 is 14.8 Å². The second kappa shape index (κ2) is 13.9. The first kappa shape index (κ1) is 26.9. The van der Waals surface area contributed by atoms with Crippen molar-refractivity contribution in [3.63, 3.8) is 0 Å². The maximum Gasteiger partial charge on any atom is 0.227 e. The number of hydrogen-bond acceptors (Lipinski definition) is 6. The molecule has 2 heterocycles. The van der Waals surface area contributed by atoms with Gasteiger partial charge < -0.3 is 24.6 Å². The van der Waals surface area contributed by atoms with Gasteiger partial charge in [0.2, 0.25) is 6.29 Å². The molecule has 0 aliphatic carbocycles. The molecule has 0 spiro atoms. The third-order valence-electron chi connectivity index (χ3n) is 6.80. The first-order valence-corrected chi connectivity index (χ1v) is 13.7. The maximum atomic E-state index is 10.6. The second-order valence-electron chi connectivity index (χ2n) is 9.76. The lowest BCUT2D eigenvalue weighted by atomic mass is 10.1. The van der Waals surface area contributed by atoms with Gasteiger partial charge in [-0.1, -0.05) is 72.8 Å². The molecule has 0 saturated carbocycles. The average molecular weight is 525 g/mol. The summed E-state index contributed by atoms with van der Waals surface area (Å²) in [6, 6.07) is 32.4. The van der Waals surface area contributed by atoms with E-state index in [9.17, 15) is 5.11 Å². The molecule has 1 aliphatic heterocycles. The lowest BCUT2D eigenvalue weighted by molar-refractivity contribution is -0.113. The summed E-state index contributed by atoms with van der Waals surface area (Å²) in [7, 11) is 0. The van der Waals surface area contributed by atoms with Crippen molar-refractivity contribution in [2.45, 2.75) is 44.7 Å². The Morgan fingerprint density at radius 2 is 1.59 bits per heavy atom. The molecule has 1 aromatic heterocycles. The molecule has 0 saturated heterocycles. The molecule has 0 amide bonds. The zero-order valence-corrected chi connectivity index (χ0v) is 22.2. The van der Waals surface area contributed by atoms with E-state index in [-0.39, 0.29) is 0 Å². The minimum Gasteiger partial charge on any atom is -0.494 e. The predicted octanol–water partition coefficient (Wildman–Crippen LogP) is 5.96. The summed E-state index contributed by atoms with van der Waals surface area (Å²) in [6.45, 7) is 2.25. The fourth-order valence-corrected chi connectivity index (χ4v) is 4.57. The number of fused-ring (bicyclic) bond motifs is 1. The quantitative estimate of drug-likeness (QED) is 0.210. The van der Waals surface area contributed by atoms with Crippen molar-refractivity contribution in [1.29, 1.82) is 0 Å². The number of ether oxygens (including phenoxy) is 3. The van der Waals surface area contributed by atoms with E-state index < -0.39 is 12.4 Å². The summed E-state index contributed by atoms with van der Waals surface area (Å²) in [6.07, 6.45) is 2.96. The average Bonchev–Trinajstić information content (AvgIpc) is 3.00. The van der Waals surface area contributed by atoms with E-state index in [0.717, 1.165) is 50.1 Å². The predicted molar refractivity (Wildman–Crippen MR) is 152 cm³/mol. The van der Waals surface area contributed by atoms with Gasteiger partial charge in [0.1, 0.15) is 23.3 Å². The zero-order valence-electron chi connectivity index (χ0n) is 22.2. The molecule has 0 radical (unpaired) electrons. The Labute approximate surface area is 230 Å². The van der Waals surface area contributed by atoms with Crippen molar-refractivity contribution >= 4 is 0 Å².